The van der Waals surface area contributed by atoms with E-state index in [-0.39, 0.29) is 17.9 Å². The maximum absolute atomic E-state index is 12.1. The van der Waals surface area contributed by atoms with Crippen LogP contribution < -0.4 is 16.4 Å². The molecule has 0 saturated heterocycles. The van der Waals surface area contributed by atoms with Crippen molar-refractivity contribution in [2.24, 2.45) is 0 Å². The summed E-state index contributed by atoms with van der Waals surface area (Å²) in [4.78, 5) is 20.2. The SMILES string of the molecule is CNc1ncccc1C(=O)N[C@H](C)c1nc(N)n[nH]1. The molecule has 19 heavy (non-hydrogen) atoms. The van der Waals surface area contributed by atoms with Gasteiger partial charge in [-0.1, -0.05) is 0 Å². The number of aromatic amines is 1. The minimum absolute atomic E-state index is 0.147. The van der Waals surface area contributed by atoms with E-state index < -0.39 is 0 Å². The van der Waals surface area contributed by atoms with Crippen LogP contribution in [0.2, 0.25) is 0 Å². The minimum Gasteiger partial charge on any atom is -0.372 e. The molecule has 100 valence electrons. The van der Waals surface area contributed by atoms with Gasteiger partial charge in [-0.05, 0) is 19.1 Å². The van der Waals surface area contributed by atoms with E-state index in [9.17, 15) is 4.79 Å². The summed E-state index contributed by atoms with van der Waals surface area (Å²) in [6.45, 7) is 1.78. The lowest BCUT2D eigenvalue weighted by Crippen LogP contribution is -2.28. The number of pyridine rings is 1. The van der Waals surface area contributed by atoms with Crippen molar-refractivity contribution in [2.75, 3.05) is 18.1 Å². The second-order valence-electron chi connectivity index (χ2n) is 3.92. The summed E-state index contributed by atoms with van der Waals surface area (Å²) >= 11 is 0. The molecule has 0 aliphatic rings. The summed E-state index contributed by atoms with van der Waals surface area (Å²) in [5.41, 5.74) is 5.88. The third-order valence-corrected chi connectivity index (χ3v) is 2.57. The fourth-order valence-corrected chi connectivity index (χ4v) is 1.61. The molecule has 8 nitrogen and oxygen atoms in total. The van der Waals surface area contributed by atoms with Gasteiger partial charge in [0, 0.05) is 13.2 Å². The normalized spacial score (nSPS) is 11.9. The number of nitrogens with one attached hydrogen (secondary N) is 3. The number of hydrogen-bond acceptors (Lipinski definition) is 6. The van der Waals surface area contributed by atoms with Crippen LogP contribution in [0, 0.1) is 0 Å². The molecule has 0 saturated carbocycles. The van der Waals surface area contributed by atoms with Crippen LogP contribution >= 0.6 is 0 Å². The van der Waals surface area contributed by atoms with E-state index in [1.165, 1.54) is 0 Å². The summed E-state index contributed by atoms with van der Waals surface area (Å²) in [6, 6.07) is 3.06. The van der Waals surface area contributed by atoms with Crippen molar-refractivity contribution in [3.63, 3.8) is 0 Å². The van der Waals surface area contributed by atoms with Crippen molar-refractivity contribution in [3.05, 3.63) is 29.7 Å². The summed E-state index contributed by atoms with van der Waals surface area (Å²) < 4.78 is 0. The van der Waals surface area contributed by atoms with Gasteiger partial charge < -0.3 is 16.4 Å². The first kappa shape index (κ1) is 12.8. The molecule has 2 aromatic rings. The smallest absolute Gasteiger partial charge is 0.255 e. The highest BCUT2D eigenvalue weighted by molar-refractivity contribution is 5.98. The van der Waals surface area contributed by atoms with Crippen molar-refractivity contribution < 1.29 is 4.79 Å². The number of aromatic nitrogens is 4. The largest absolute Gasteiger partial charge is 0.372 e. The highest BCUT2D eigenvalue weighted by Gasteiger charge is 2.16. The van der Waals surface area contributed by atoms with Gasteiger partial charge in [0.25, 0.3) is 5.91 Å². The number of carbonyl (C=O) groups excluding carboxylic acids is 1. The van der Waals surface area contributed by atoms with Crippen LogP contribution in [-0.4, -0.2) is 33.1 Å². The monoisotopic (exact) mass is 261 g/mol. The van der Waals surface area contributed by atoms with E-state index in [2.05, 4.69) is 30.8 Å². The number of nitrogen functional groups attached to an aromatic ring is 1. The Morgan fingerprint density at radius 3 is 2.95 bits per heavy atom. The van der Waals surface area contributed by atoms with Crippen LogP contribution in [-0.2, 0) is 0 Å². The van der Waals surface area contributed by atoms with Crippen molar-refractivity contribution in [2.45, 2.75) is 13.0 Å². The lowest BCUT2D eigenvalue weighted by molar-refractivity contribution is 0.0939. The van der Waals surface area contributed by atoms with Gasteiger partial charge in [-0.15, -0.1) is 5.10 Å². The third kappa shape index (κ3) is 2.79. The zero-order valence-electron chi connectivity index (χ0n) is 10.6. The molecule has 2 aromatic heterocycles. The van der Waals surface area contributed by atoms with E-state index in [4.69, 9.17) is 5.73 Å². The number of H-pyrrole nitrogens is 1. The fourth-order valence-electron chi connectivity index (χ4n) is 1.61. The molecule has 0 aliphatic carbocycles. The van der Waals surface area contributed by atoms with Gasteiger partial charge in [-0.25, -0.2) is 4.98 Å². The van der Waals surface area contributed by atoms with Gasteiger partial charge in [-0.3, -0.25) is 9.89 Å². The van der Waals surface area contributed by atoms with Crippen LogP contribution in [0.1, 0.15) is 29.1 Å². The average Bonchev–Trinajstić information content (AvgIpc) is 2.85. The van der Waals surface area contributed by atoms with E-state index in [0.717, 1.165) is 0 Å². The van der Waals surface area contributed by atoms with Crippen LogP contribution in [0.15, 0.2) is 18.3 Å². The Morgan fingerprint density at radius 2 is 2.32 bits per heavy atom. The van der Waals surface area contributed by atoms with Crippen molar-refractivity contribution in [3.8, 4) is 0 Å². The number of hydrogen-bond donors (Lipinski definition) is 4. The predicted molar refractivity (Wildman–Crippen MR) is 70.5 cm³/mol. The molecule has 0 aromatic carbocycles. The molecule has 0 bridgehead atoms. The molecule has 2 heterocycles. The van der Waals surface area contributed by atoms with Crippen molar-refractivity contribution in [1.29, 1.82) is 0 Å². The zero-order chi connectivity index (χ0) is 13.8. The molecule has 0 fully saturated rings. The number of anilines is 2. The third-order valence-electron chi connectivity index (χ3n) is 2.57. The molecule has 1 amide bonds. The lowest BCUT2D eigenvalue weighted by atomic mass is 10.2. The summed E-state index contributed by atoms with van der Waals surface area (Å²) in [5, 5.41) is 12.0. The molecule has 1 atom stereocenters. The number of nitrogens with zero attached hydrogens (tertiary/aromatic N) is 3. The van der Waals surface area contributed by atoms with Crippen molar-refractivity contribution in [1.82, 2.24) is 25.5 Å². The summed E-state index contributed by atoms with van der Waals surface area (Å²) in [6.07, 6.45) is 1.61. The van der Waals surface area contributed by atoms with Gasteiger partial charge in [0.15, 0.2) is 0 Å². The standard InChI is InChI=1S/C11H15N7O/c1-6(8-16-11(12)18-17-8)15-10(19)7-4-3-5-14-9(7)13-2/h3-6H,1-2H3,(H,13,14)(H,15,19)(H3,12,16,17,18)/t6-/m1/s1. The topological polar surface area (TPSA) is 122 Å². The number of amides is 1. The van der Waals surface area contributed by atoms with E-state index in [1.807, 2.05) is 0 Å². The van der Waals surface area contributed by atoms with Crippen molar-refractivity contribution >= 4 is 17.7 Å². The van der Waals surface area contributed by atoms with Gasteiger partial charge in [-0.2, -0.15) is 4.98 Å². The Balaban J connectivity index is 2.12. The van der Waals surface area contributed by atoms with Crippen LogP contribution in [0.3, 0.4) is 0 Å². The Bertz CT molecular complexity index is 580. The molecule has 2 rings (SSSR count). The Labute approximate surface area is 109 Å². The van der Waals surface area contributed by atoms with Gasteiger partial charge >= 0.3 is 0 Å². The van der Waals surface area contributed by atoms with E-state index >= 15 is 0 Å². The quantitative estimate of drug-likeness (QED) is 0.628. The van der Waals surface area contributed by atoms with Gasteiger partial charge in [0.2, 0.25) is 5.95 Å². The second-order valence-corrected chi connectivity index (χ2v) is 3.92. The Morgan fingerprint density at radius 1 is 1.53 bits per heavy atom. The maximum atomic E-state index is 12.1. The molecule has 0 unspecified atom stereocenters. The number of carbonyl (C=O) groups is 1. The highest BCUT2D eigenvalue weighted by atomic mass is 16.1. The molecule has 8 heteroatoms. The molecule has 0 radical (unpaired) electrons. The molecule has 0 aliphatic heterocycles. The summed E-state index contributed by atoms with van der Waals surface area (Å²) in [7, 11) is 1.71. The van der Waals surface area contributed by atoms with Gasteiger partial charge in [0.1, 0.15) is 11.6 Å². The fraction of sp³-hybridized carbons (Fsp3) is 0.273. The van der Waals surface area contributed by atoms with E-state index in [0.29, 0.717) is 17.2 Å². The molecular weight excluding hydrogens is 246 g/mol. The maximum Gasteiger partial charge on any atom is 0.255 e. The first-order valence-corrected chi connectivity index (χ1v) is 5.73. The molecule has 5 N–H and O–H groups in total. The number of nitrogens with two attached hydrogens (primary N) is 1. The second kappa shape index (κ2) is 5.34. The lowest BCUT2D eigenvalue weighted by Gasteiger charge is -2.12. The first-order valence-electron chi connectivity index (χ1n) is 5.73. The van der Waals surface area contributed by atoms with Crippen LogP contribution in [0.25, 0.3) is 0 Å². The highest BCUT2D eigenvalue weighted by Crippen LogP contribution is 2.13. The summed E-state index contributed by atoms with van der Waals surface area (Å²) in [5.74, 6) is 0.915. The number of rotatable bonds is 4. The zero-order valence-corrected chi connectivity index (χ0v) is 10.6. The van der Waals surface area contributed by atoms with Crippen LogP contribution in [0.5, 0.6) is 0 Å². The Kier molecular flexibility index (Phi) is 3.60. The average molecular weight is 261 g/mol. The molecular formula is C11H15N7O. The van der Waals surface area contributed by atoms with E-state index in [1.54, 1.807) is 32.3 Å². The Hall–Kier alpha value is -2.64. The minimum atomic E-state index is -0.331. The molecule has 0 spiro atoms. The van der Waals surface area contributed by atoms with Gasteiger partial charge in [0.05, 0.1) is 11.6 Å². The first-order chi connectivity index (χ1) is 9.11. The predicted octanol–water partition coefficient (Wildman–Crippen LogP) is 0.315. The van der Waals surface area contributed by atoms with Crippen LogP contribution in [0.4, 0.5) is 11.8 Å².